The van der Waals surface area contributed by atoms with E-state index in [1.54, 1.807) is 4.90 Å². The lowest BCUT2D eigenvalue weighted by Gasteiger charge is -2.31. The van der Waals surface area contributed by atoms with Crippen LogP contribution in [-0.2, 0) is 19.2 Å². The van der Waals surface area contributed by atoms with E-state index in [0.717, 1.165) is 43.5 Å². The van der Waals surface area contributed by atoms with Gasteiger partial charge in [0.25, 0.3) is 0 Å². The minimum absolute atomic E-state index is 0.0244. The Hall–Kier alpha value is -4.25. The number of carbonyl (C=O) groups is 4. The monoisotopic (exact) mass is 617 g/mol. The van der Waals surface area contributed by atoms with Crippen LogP contribution in [-0.4, -0.2) is 83.6 Å². The van der Waals surface area contributed by atoms with Crippen molar-refractivity contribution in [2.45, 2.75) is 81.8 Å². The maximum Gasteiger partial charge on any atom is 0.243 e. The third kappa shape index (κ3) is 9.37. The highest BCUT2D eigenvalue weighted by Gasteiger charge is 2.40. The van der Waals surface area contributed by atoms with Gasteiger partial charge in [0.2, 0.25) is 17.7 Å². The Morgan fingerprint density at radius 1 is 0.844 bits per heavy atom. The van der Waals surface area contributed by atoms with Gasteiger partial charge < -0.3 is 32.3 Å². The van der Waals surface area contributed by atoms with Crippen molar-refractivity contribution in [2.75, 3.05) is 26.2 Å². The number of likely N-dealkylation sites (tertiary alicyclic amines) is 2. The van der Waals surface area contributed by atoms with Crippen LogP contribution in [0.5, 0.6) is 0 Å². The van der Waals surface area contributed by atoms with Gasteiger partial charge in [-0.25, -0.2) is 0 Å². The van der Waals surface area contributed by atoms with Crippen LogP contribution in [0.1, 0.15) is 74.8 Å². The first-order valence-electron chi connectivity index (χ1n) is 16.1. The lowest BCUT2D eigenvalue weighted by molar-refractivity contribution is -0.140. The SMILES string of the molecule is NC(N)=NCCC[C@H](NC(=O)[C@@H]1CCCN1C(=O)[C@@H](N)C(c1ccccc1)c1ccccc1)C(=O)CCC(=O)N1CCCCC1. The molecule has 2 aliphatic rings. The Morgan fingerprint density at radius 2 is 1.47 bits per heavy atom. The Bertz CT molecular complexity index is 1270. The van der Waals surface area contributed by atoms with Crippen LogP contribution in [0.3, 0.4) is 0 Å². The number of piperidine rings is 1. The van der Waals surface area contributed by atoms with Crippen molar-refractivity contribution in [1.29, 1.82) is 0 Å². The molecule has 242 valence electrons. The number of carbonyl (C=O) groups excluding carboxylic acids is 4. The van der Waals surface area contributed by atoms with Crippen molar-refractivity contribution < 1.29 is 19.2 Å². The summed E-state index contributed by atoms with van der Waals surface area (Å²) in [5.41, 5.74) is 19.4. The molecular formula is C34H47N7O4. The van der Waals surface area contributed by atoms with Crippen molar-refractivity contribution in [2.24, 2.45) is 22.2 Å². The van der Waals surface area contributed by atoms with Crippen LogP contribution >= 0.6 is 0 Å². The number of amides is 3. The van der Waals surface area contributed by atoms with Gasteiger partial charge in [-0.3, -0.25) is 24.2 Å². The van der Waals surface area contributed by atoms with Crippen LogP contribution in [0.15, 0.2) is 65.7 Å². The van der Waals surface area contributed by atoms with Crippen molar-refractivity contribution >= 4 is 29.5 Å². The number of aliphatic imine (C=N–C) groups is 1. The highest BCUT2D eigenvalue weighted by Crippen LogP contribution is 2.30. The molecule has 0 radical (unpaired) electrons. The summed E-state index contributed by atoms with van der Waals surface area (Å²) in [5, 5.41) is 2.91. The summed E-state index contributed by atoms with van der Waals surface area (Å²) in [7, 11) is 0. The van der Waals surface area contributed by atoms with Gasteiger partial charge in [0.1, 0.15) is 6.04 Å². The number of nitrogens with zero attached hydrogens (tertiary/aromatic N) is 3. The number of ketones is 1. The van der Waals surface area contributed by atoms with Gasteiger partial charge >= 0.3 is 0 Å². The van der Waals surface area contributed by atoms with Gasteiger partial charge in [0, 0.05) is 44.9 Å². The van der Waals surface area contributed by atoms with Crippen molar-refractivity contribution in [3.05, 3.63) is 71.8 Å². The molecule has 11 heteroatoms. The largest absolute Gasteiger partial charge is 0.370 e. The summed E-state index contributed by atoms with van der Waals surface area (Å²) in [4.78, 5) is 61.1. The van der Waals surface area contributed by atoms with Crippen LogP contribution in [0.2, 0.25) is 0 Å². The highest BCUT2D eigenvalue weighted by atomic mass is 16.2. The smallest absolute Gasteiger partial charge is 0.243 e. The summed E-state index contributed by atoms with van der Waals surface area (Å²) >= 11 is 0. The van der Waals surface area contributed by atoms with Gasteiger partial charge in [-0.2, -0.15) is 0 Å². The van der Waals surface area contributed by atoms with E-state index >= 15 is 0 Å². The number of nitrogens with one attached hydrogen (secondary N) is 1. The molecule has 0 aromatic heterocycles. The number of guanidine groups is 1. The molecule has 0 spiro atoms. The molecule has 0 aliphatic carbocycles. The molecule has 2 aromatic carbocycles. The van der Waals surface area contributed by atoms with Gasteiger partial charge in [-0.05, 0) is 56.1 Å². The fraction of sp³-hybridized carbons (Fsp3) is 0.500. The molecule has 0 unspecified atom stereocenters. The predicted molar refractivity (Wildman–Crippen MR) is 174 cm³/mol. The standard InChI is InChI=1S/C34H47N7O4/c35-31(30(24-12-4-1-5-13-24)25-14-6-2-7-15-25)33(45)41-23-11-17-27(41)32(44)39-26(16-10-20-38-34(36)37)28(42)18-19-29(43)40-21-8-3-9-22-40/h1-2,4-7,12-15,26-27,30-31H,3,8-11,16-23,35H2,(H,39,44)(H4,36,37,38)/t26-,27-,31-/m0/s1. The van der Waals surface area contributed by atoms with Crippen molar-refractivity contribution in [3.8, 4) is 0 Å². The maximum atomic E-state index is 13.9. The van der Waals surface area contributed by atoms with E-state index in [9.17, 15) is 19.2 Å². The van der Waals surface area contributed by atoms with E-state index in [1.807, 2.05) is 65.6 Å². The number of nitrogens with two attached hydrogens (primary N) is 3. The maximum absolute atomic E-state index is 13.9. The quantitative estimate of drug-likeness (QED) is 0.142. The molecule has 2 aliphatic heterocycles. The van der Waals surface area contributed by atoms with Crippen LogP contribution in [0.25, 0.3) is 0 Å². The minimum atomic E-state index is -0.916. The third-order valence-corrected chi connectivity index (χ3v) is 8.74. The summed E-state index contributed by atoms with van der Waals surface area (Å²) in [6.07, 6.45) is 5.06. The first kappa shape index (κ1) is 33.6. The molecule has 11 nitrogen and oxygen atoms in total. The Morgan fingerprint density at radius 3 is 2.07 bits per heavy atom. The average molecular weight is 618 g/mol. The zero-order valence-electron chi connectivity index (χ0n) is 26.0. The van der Waals surface area contributed by atoms with E-state index in [-0.39, 0.29) is 36.4 Å². The zero-order valence-corrected chi connectivity index (χ0v) is 26.0. The molecule has 0 saturated carbocycles. The Labute approximate surface area is 265 Å². The summed E-state index contributed by atoms with van der Waals surface area (Å²) in [6, 6.07) is 16.8. The predicted octanol–water partition coefficient (Wildman–Crippen LogP) is 2.04. The Kier molecular flexibility index (Phi) is 12.5. The third-order valence-electron chi connectivity index (χ3n) is 8.74. The van der Waals surface area contributed by atoms with Crippen molar-refractivity contribution in [3.63, 3.8) is 0 Å². The fourth-order valence-electron chi connectivity index (χ4n) is 6.36. The van der Waals surface area contributed by atoms with E-state index in [2.05, 4.69) is 10.3 Å². The van der Waals surface area contributed by atoms with Crippen LogP contribution < -0.4 is 22.5 Å². The number of hydrogen-bond acceptors (Lipinski definition) is 6. The minimum Gasteiger partial charge on any atom is -0.370 e. The van der Waals surface area contributed by atoms with Gasteiger partial charge in [-0.15, -0.1) is 0 Å². The zero-order chi connectivity index (χ0) is 32.2. The lowest BCUT2D eigenvalue weighted by atomic mass is 9.84. The van der Waals surface area contributed by atoms with Crippen LogP contribution in [0.4, 0.5) is 0 Å². The number of rotatable bonds is 14. The van der Waals surface area contributed by atoms with Gasteiger partial charge in [0.15, 0.2) is 11.7 Å². The number of hydrogen-bond donors (Lipinski definition) is 4. The second kappa shape index (κ2) is 16.7. The molecule has 3 atom stereocenters. The topological polar surface area (TPSA) is 177 Å². The van der Waals surface area contributed by atoms with Gasteiger partial charge in [-0.1, -0.05) is 60.7 Å². The van der Waals surface area contributed by atoms with E-state index < -0.39 is 30.0 Å². The van der Waals surface area contributed by atoms with Gasteiger partial charge in [0.05, 0.1) is 12.1 Å². The summed E-state index contributed by atoms with van der Waals surface area (Å²) in [5.74, 6) is -1.42. The van der Waals surface area contributed by atoms with E-state index in [1.165, 1.54) is 0 Å². The average Bonchev–Trinajstić information content (AvgIpc) is 3.56. The van der Waals surface area contributed by atoms with E-state index in [4.69, 9.17) is 17.2 Å². The lowest BCUT2D eigenvalue weighted by Crippen LogP contribution is -2.55. The van der Waals surface area contributed by atoms with E-state index in [0.29, 0.717) is 38.8 Å². The molecule has 7 N–H and O–H groups in total. The molecule has 2 fully saturated rings. The fourth-order valence-corrected chi connectivity index (χ4v) is 6.36. The number of benzene rings is 2. The molecule has 3 amide bonds. The van der Waals surface area contributed by atoms with Crippen LogP contribution in [0, 0.1) is 0 Å². The number of Topliss-reactive ketones (excluding diaryl/α,β-unsaturated/α-hetero) is 1. The molecule has 2 aromatic rings. The van der Waals surface area contributed by atoms with Crippen molar-refractivity contribution in [1.82, 2.24) is 15.1 Å². The first-order chi connectivity index (χ1) is 21.8. The first-order valence-corrected chi connectivity index (χ1v) is 16.1. The molecule has 4 rings (SSSR count). The molecule has 2 saturated heterocycles. The normalized spacial score (nSPS) is 17.9. The highest BCUT2D eigenvalue weighted by molar-refractivity contribution is 5.95. The second-order valence-corrected chi connectivity index (χ2v) is 11.9. The molecule has 45 heavy (non-hydrogen) atoms. The Balaban J connectivity index is 1.45. The second-order valence-electron chi connectivity index (χ2n) is 11.9. The summed E-state index contributed by atoms with van der Waals surface area (Å²) in [6.45, 7) is 2.13. The molecule has 0 bridgehead atoms. The molecule has 2 heterocycles. The summed E-state index contributed by atoms with van der Waals surface area (Å²) < 4.78 is 0. The molecular weight excluding hydrogens is 570 g/mol.